The largest absolute Gasteiger partial charge is 0.299 e. The minimum atomic E-state index is -0.0955. The summed E-state index contributed by atoms with van der Waals surface area (Å²) in [5.41, 5.74) is 1.51. The molecule has 1 heteroatoms. The molecule has 0 bridgehead atoms. The minimum Gasteiger partial charge on any atom is -0.299 e. The molecule has 5 rings (SSSR count). The molecule has 5 aliphatic carbocycles. The summed E-state index contributed by atoms with van der Waals surface area (Å²) in [6.07, 6.45) is 15.1. The molecule has 1 nitrogen and oxygen atoms in total. The van der Waals surface area contributed by atoms with Crippen LogP contribution in [0.5, 0.6) is 0 Å². The molecular formula is C26H42O. The van der Waals surface area contributed by atoms with E-state index in [0.29, 0.717) is 27.9 Å². The van der Waals surface area contributed by atoms with Gasteiger partial charge in [-0.05, 0) is 104 Å². The second-order valence-corrected chi connectivity index (χ2v) is 12.8. The first-order valence-corrected chi connectivity index (χ1v) is 12.2. The summed E-state index contributed by atoms with van der Waals surface area (Å²) < 4.78 is 0. The molecule has 152 valence electrons. The molecule has 5 saturated carbocycles. The summed E-state index contributed by atoms with van der Waals surface area (Å²) in [5, 5.41) is 0. The SMILES string of the molecule is CC1(C)C(=O)CC[C@@]2(C)C1CC[C@@]1(C)C3CC[C@@]4(C)CCC[C@@H]4[C@H]3CCC12. The summed E-state index contributed by atoms with van der Waals surface area (Å²) in [6, 6.07) is 0. The molecule has 0 radical (unpaired) electrons. The highest BCUT2D eigenvalue weighted by atomic mass is 16.1. The van der Waals surface area contributed by atoms with Gasteiger partial charge in [0.25, 0.3) is 0 Å². The van der Waals surface area contributed by atoms with Crippen molar-refractivity contribution in [1.82, 2.24) is 0 Å². The van der Waals surface area contributed by atoms with Crippen molar-refractivity contribution >= 4 is 5.78 Å². The lowest BCUT2D eigenvalue weighted by atomic mass is 9.36. The van der Waals surface area contributed by atoms with E-state index in [1.807, 2.05) is 0 Å². The molecule has 5 aliphatic rings. The van der Waals surface area contributed by atoms with E-state index in [9.17, 15) is 4.79 Å². The summed E-state index contributed by atoms with van der Waals surface area (Å²) >= 11 is 0. The highest BCUT2D eigenvalue weighted by molar-refractivity contribution is 5.85. The van der Waals surface area contributed by atoms with Crippen molar-refractivity contribution in [2.75, 3.05) is 0 Å². The summed E-state index contributed by atoms with van der Waals surface area (Å²) in [7, 11) is 0. The van der Waals surface area contributed by atoms with Crippen LogP contribution in [0.4, 0.5) is 0 Å². The molecule has 0 aromatic heterocycles. The summed E-state index contributed by atoms with van der Waals surface area (Å²) in [4.78, 5) is 12.7. The van der Waals surface area contributed by atoms with Crippen molar-refractivity contribution in [2.45, 2.75) is 105 Å². The third-order valence-electron chi connectivity index (χ3n) is 11.7. The maximum absolute atomic E-state index is 12.7. The van der Waals surface area contributed by atoms with Crippen LogP contribution < -0.4 is 0 Å². The van der Waals surface area contributed by atoms with Crippen LogP contribution in [-0.2, 0) is 4.79 Å². The van der Waals surface area contributed by atoms with Crippen LogP contribution in [0.15, 0.2) is 0 Å². The van der Waals surface area contributed by atoms with Gasteiger partial charge in [-0.3, -0.25) is 4.79 Å². The Balaban J connectivity index is 1.49. The van der Waals surface area contributed by atoms with Crippen molar-refractivity contribution in [2.24, 2.45) is 51.2 Å². The van der Waals surface area contributed by atoms with Crippen LogP contribution >= 0.6 is 0 Å². The standard InChI is InChI=1S/C26H42O/c1-23(2)20-11-15-25(4)19-10-14-24(3)13-6-7-18(24)17(19)8-9-21(25)26(20,5)16-12-22(23)27/h17-21H,6-16H2,1-5H3/t17-,18-,19?,20?,21?,24-,25+,26+/m1/s1. The molecule has 0 spiro atoms. The molecule has 0 saturated heterocycles. The van der Waals surface area contributed by atoms with Gasteiger partial charge in [-0.25, -0.2) is 0 Å². The first-order valence-electron chi connectivity index (χ1n) is 12.2. The zero-order chi connectivity index (χ0) is 19.2. The molecule has 0 aromatic rings. The van der Waals surface area contributed by atoms with Gasteiger partial charge in [-0.1, -0.05) is 41.0 Å². The number of ketones is 1. The van der Waals surface area contributed by atoms with Gasteiger partial charge in [0.05, 0.1) is 0 Å². The molecule has 0 heterocycles. The number of hydrogen-bond donors (Lipinski definition) is 0. The Morgan fingerprint density at radius 1 is 0.704 bits per heavy atom. The Hall–Kier alpha value is -0.330. The molecule has 5 fully saturated rings. The number of rotatable bonds is 0. The third kappa shape index (κ3) is 2.27. The maximum Gasteiger partial charge on any atom is 0.138 e. The smallest absolute Gasteiger partial charge is 0.138 e. The van der Waals surface area contributed by atoms with Crippen LogP contribution in [0.3, 0.4) is 0 Å². The van der Waals surface area contributed by atoms with Gasteiger partial charge >= 0.3 is 0 Å². The first-order chi connectivity index (χ1) is 12.6. The topological polar surface area (TPSA) is 17.1 Å². The van der Waals surface area contributed by atoms with Gasteiger partial charge in [-0.15, -0.1) is 0 Å². The van der Waals surface area contributed by atoms with Gasteiger partial charge < -0.3 is 0 Å². The Morgan fingerprint density at radius 3 is 2.26 bits per heavy atom. The van der Waals surface area contributed by atoms with Crippen LogP contribution in [0, 0.1) is 51.2 Å². The van der Waals surface area contributed by atoms with Crippen molar-refractivity contribution < 1.29 is 4.79 Å². The number of Topliss-reactive ketones (excluding diaryl/α,β-unsaturated/α-hetero) is 1. The molecule has 0 aromatic carbocycles. The zero-order valence-electron chi connectivity index (χ0n) is 18.6. The highest BCUT2D eigenvalue weighted by Crippen LogP contribution is 2.72. The second kappa shape index (κ2) is 5.63. The molecule has 8 atom stereocenters. The molecule has 0 N–H and O–H groups in total. The fraction of sp³-hybridized carbons (Fsp3) is 0.962. The van der Waals surface area contributed by atoms with Crippen LogP contribution in [0.2, 0.25) is 0 Å². The van der Waals surface area contributed by atoms with Crippen LogP contribution in [0.1, 0.15) is 105 Å². The maximum atomic E-state index is 12.7. The minimum absolute atomic E-state index is 0.0955. The lowest BCUT2D eigenvalue weighted by molar-refractivity contribution is -0.195. The van der Waals surface area contributed by atoms with Crippen molar-refractivity contribution in [3.8, 4) is 0 Å². The average molecular weight is 371 g/mol. The monoisotopic (exact) mass is 370 g/mol. The van der Waals surface area contributed by atoms with E-state index in [1.54, 1.807) is 0 Å². The van der Waals surface area contributed by atoms with Gasteiger partial charge in [0.15, 0.2) is 0 Å². The highest BCUT2D eigenvalue weighted by Gasteiger charge is 2.65. The van der Waals surface area contributed by atoms with Gasteiger partial charge in [0, 0.05) is 11.8 Å². The van der Waals surface area contributed by atoms with Crippen LogP contribution in [-0.4, -0.2) is 5.78 Å². The van der Waals surface area contributed by atoms with Crippen molar-refractivity contribution in [3.63, 3.8) is 0 Å². The normalized spacial score (nSPS) is 56.6. The van der Waals surface area contributed by atoms with Crippen molar-refractivity contribution in [1.29, 1.82) is 0 Å². The van der Waals surface area contributed by atoms with E-state index in [1.165, 1.54) is 64.2 Å². The lowest BCUT2D eigenvalue weighted by Gasteiger charge is -2.68. The third-order valence-corrected chi connectivity index (χ3v) is 11.7. The molecular weight excluding hydrogens is 328 g/mol. The molecule has 0 aliphatic heterocycles. The molecule has 0 amide bonds. The van der Waals surface area contributed by atoms with Gasteiger partial charge in [-0.2, -0.15) is 0 Å². The second-order valence-electron chi connectivity index (χ2n) is 12.8. The van der Waals surface area contributed by atoms with E-state index < -0.39 is 0 Å². The Morgan fingerprint density at radius 2 is 1.48 bits per heavy atom. The first kappa shape index (κ1) is 18.7. The number of fused-ring (bicyclic) bond motifs is 7. The van der Waals surface area contributed by atoms with E-state index in [4.69, 9.17) is 0 Å². The molecule has 3 unspecified atom stereocenters. The van der Waals surface area contributed by atoms with Gasteiger partial charge in [0.2, 0.25) is 0 Å². The van der Waals surface area contributed by atoms with Gasteiger partial charge in [0.1, 0.15) is 5.78 Å². The van der Waals surface area contributed by atoms with E-state index in [2.05, 4.69) is 34.6 Å². The zero-order valence-corrected chi connectivity index (χ0v) is 18.6. The number of carbonyl (C=O) groups is 1. The lowest BCUT2D eigenvalue weighted by Crippen LogP contribution is -2.62. The quantitative estimate of drug-likeness (QED) is 0.447. The predicted molar refractivity (Wildman–Crippen MR) is 111 cm³/mol. The summed E-state index contributed by atoms with van der Waals surface area (Å²) in [5.74, 6) is 4.99. The Bertz CT molecular complexity index is 649. The van der Waals surface area contributed by atoms with E-state index in [0.717, 1.165) is 30.1 Å². The predicted octanol–water partition coefficient (Wildman–Crippen LogP) is 7.04. The van der Waals surface area contributed by atoms with Crippen LogP contribution in [0.25, 0.3) is 0 Å². The summed E-state index contributed by atoms with van der Waals surface area (Å²) in [6.45, 7) is 12.5. The fourth-order valence-corrected chi connectivity index (χ4v) is 10.4. The van der Waals surface area contributed by atoms with E-state index in [-0.39, 0.29) is 5.41 Å². The fourth-order valence-electron chi connectivity index (χ4n) is 10.4. The number of carbonyl (C=O) groups excluding carboxylic acids is 1. The average Bonchev–Trinajstić information content (AvgIpc) is 3.00. The molecule has 27 heavy (non-hydrogen) atoms. The Labute approximate surface area is 167 Å². The van der Waals surface area contributed by atoms with E-state index >= 15 is 0 Å². The number of hydrogen-bond acceptors (Lipinski definition) is 1. The Kier molecular flexibility index (Phi) is 3.90. The van der Waals surface area contributed by atoms with Crippen molar-refractivity contribution in [3.05, 3.63) is 0 Å².